The van der Waals surface area contributed by atoms with Gasteiger partial charge in [0.25, 0.3) is 0 Å². The fourth-order valence-corrected chi connectivity index (χ4v) is 0.877. The molecule has 0 radical (unpaired) electrons. The van der Waals surface area contributed by atoms with E-state index >= 15 is 0 Å². The number of carboxylic acid groups (broad SMARTS) is 1. The Morgan fingerprint density at radius 1 is 0.852 bits per heavy atom. The highest BCUT2D eigenvalue weighted by Crippen LogP contribution is 1.94. The predicted octanol–water partition coefficient (Wildman–Crippen LogP) is 3.22. The van der Waals surface area contributed by atoms with Gasteiger partial charge in [0.15, 0.2) is 0 Å². The molecule has 156 valence electrons. The van der Waals surface area contributed by atoms with Crippen molar-refractivity contribution in [2.45, 2.75) is 40.5 Å². The molecule has 0 bridgehead atoms. The first-order chi connectivity index (χ1) is 12.4. The molecule has 1 N–H and O–H groups in total. The van der Waals surface area contributed by atoms with Gasteiger partial charge in [-0.15, -0.1) is 0 Å². The summed E-state index contributed by atoms with van der Waals surface area (Å²) in [6.07, 6.45) is 1.97. The smallest absolute Gasteiger partial charge is 0.333 e. The van der Waals surface area contributed by atoms with Crippen molar-refractivity contribution >= 4 is 17.9 Å². The van der Waals surface area contributed by atoms with E-state index in [1.54, 1.807) is 13.8 Å². The van der Waals surface area contributed by atoms with Crippen molar-refractivity contribution in [2.75, 3.05) is 33.9 Å². The van der Waals surface area contributed by atoms with Gasteiger partial charge in [-0.3, -0.25) is 0 Å². The lowest BCUT2D eigenvalue weighted by Gasteiger charge is -2.09. The van der Waals surface area contributed by atoms with E-state index in [4.69, 9.17) is 14.6 Å². The lowest BCUT2D eigenvalue weighted by Crippen LogP contribution is -2.20. The highest BCUT2D eigenvalue weighted by Gasteiger charge is 2.02. The molecule has 0 atom stereocenters. The summed E-state index contributed by atoms with van der Waals surface area (Å²) in [6.45, 7) is 18.6. The summed E-state index contributed by atoms with van der Waals surface area (Å²) in [5, 5.41) is 7.89. The number of ether oxygens (including phenoxy) is 2. The zero-order chi connectivity index (χ0) is 22.0. The molecular weight excluding hydrogens is 350 g/mol. The second-order valence-electron chi connectivity index (χ2n) is 6.07. The van der Waals surface area contributed by atoms with Crippen molar-refractivity contribution in [2.24, 2.45) is 0 Å². The van der Waals surface area contributed by atoms with Gasteiger partial charge in [0, 0.05) is 23.3 Å². The zero-order valence-electron chi connectivity index (χ0n) is 17.6. The third-order valence-electron chi connectivity index (χ3n) is 2.56. The Morgan fingerprint density at radius 3 is 1.48 bits per heavy atom. The first kappa shape index (κ1) is 29.4. The van der Waals surface area contributed by atoms with Crippen LogP contribution in [0.2, 0.25) is 0 Å². The van der Waals surface area contributed by atoms with Crippen molar-refractivity contribution in [3.8, 4) is 0 Å². The summed E-state index contributed by atoms with van der Waals surface area (Å²) in [6, 6.07) is 0. The molecule has 0 spiro atoms. The predicted molar refractivity (Wildman–Crippen MR) is 107 cm³/mol. The van der Waals surface area contributed by atoms with Crippen molar-refractivity contribution in [3.05, 3.63) is 36.5 Å². The monoisotopic (exact) mass is 385 g/mol. The van der Waals surface area contributed by atoms with E-state index in [1.807, 2.05) is 19.0 Å². The van der Waals surface area contributed by atoms with Crippen LogP contribution in [0.15, 0.2) is 36.5 Å². The van der Waals surface area contributed by atoms with Crippen LogP contribution in [0, 0.1) is 0 Å². The molecule has 0 aromatic heterocycles. The van der Waals surface area contributed by atoms with Crippen LogP contribution in [0.5, 0.6) is 0 Å². The maximum atomic E-state index is 10.8. The number of likely N-dealkylation sites (N-methyl/N-ethyl adjacent to an activating group) is 1. The third-order valence-corrected chi connectivity index (χ3v) is 2.56. The van der Waals surface area contributed by atoms with Gasteiger partial charge in [-0.25, -0.2) is 14.4 Å². The molecule has 0 amide bonds. The lowest BCUT2D eigenvalue weighted by molar-refractivity contribution is -0.140. The van der Waals surface area contributed by atoms with Crippen molar-refractivity contribution < 1.29 is 29.0 Å². The number of hydrogen-bond donors (Lipinski definition) is 1. The molecule has 27 heavy (non-hydrogen) atoms. The Bertz CT molecular complexity index is 497. The van der Waals surface area contributed by atoms with Crippen LogP contribution in [0.3, 0.4) is 0 Å². The van der Waals surface area contributed by atoms with Crippen molar-refractivity contribution in [1.29, 1.82) is 0 Å². The summed E-state index contributed by atoms with van der Waals surface area (Å²) >= 11 is 0. The molecule has 7 nitrogen and oxygen atoms in total. The number of hydrogen-bond acceptors (Lipinski definition) is 6. The number of carbonyl (C=O) groups is 3. The van der Waals surface area contributed by atoms with Crippen molar-refractivity contribution in [1.82, 2.24) is 4.90 Å². The highest BCUT2D eigenvalue weighted by molar-refractivity contribution is 5.87. The Morgan fingerprint density at radius 2 is 1.22 bits per heavy atom. The van der Waals surface area contributed by atoms with Gasteiger partial charge in [-0.05, 0) is 41.3 Å². The quantitative estimate of drug-likeness (QED) is 0.370. The van der Waals surface area contributed by atoms with Crippen LogP contribution < -0.4 is 0 Å². The zero-order valence-corrected chi connectivity index (χ0v) is 17.6. The molecule has 0 unspecified atom stereocenters. The largest absolute Gasteiger partial charge is 0.478 e. The van der Waals surface area contributed by atoms with E-state index in [0.717, 1.165) is 19.4 Å². The average Bonchev–Trinajstić information content (AvgIpc) is 2.55. The molecule has 0 aliphatic carbocycles. The molecule has 0 fully saturated rings. The summed E-state index contributed by atoms with van der Waals surface area (Å²) in [5.41, 5.74) is 1.09. The number of nitrogens with zero attached hydrogens (tertiary/aromatic N) is 1. The molecular formula is C20H35NO6. The average molecular weight is 386 g/mol. The summed E-state index contributed by atoms with van der Waals surface area (Å²) < 4.78 is 9.64. The fraction of sp³-hybridized carbons (Fsp3) is 0.550. The standard InChI is InChI=1S/C8H15NO2.C8H14O2.C4H6O2/c1-7(2)8(10)11-6-5-9(3)4;1-4-5-6-10-8(9)7(2)3;1-3(2)4(5)6/h1,5-6H2,2-4H3;2,4-6H2,1,3H3;1H2,2H3,(H,5,6). The summed E-state index contributed by atoms with van der Waals surface area (Å²) in [7, 11) is 3.85. The molecule has 0 aliphatic rings. The maximum absolute atomic E-state index is 10.8. The topological polar surface area (TPSA) is 93.1 Å². The minimum absolute atomic E-state index is 0.176. The van der Waals surface area contributed by atoms with Gasteiger partial charge in [0.1, 0.15) is 6.61 Å². The van der Waals surface area contributed by atoms with Gasteiger partial charge >= 0.3 is 17.9 Å². The number of esters is 2. The number of carbonyl (C=O) groups excluding carboxylic acids is 2. The SMILES string of the molecule is C=C(C)C(=O)O.C=C(C)C(=O)OCCCC.C=C(C)C(=O)OCCN(C)C. The van der Waals surface area contributed by atoms with E-state index in [9.17, 15) is 14.4 Å². The summed E-state index contributed by atoms with van der Waals surface area (Å²) in [4.78, 5) is 33.0. The van der Waals surface area contributed by atoms with E-state index in [0.29, 0.717) is 24.4 Å². The minimum atomic E-state index is -0.935. The van der Waals surface area contributed by atoms with E-state index in [1.165, 1.54) is 6.92 Å². The second kappa shape index (κ2) is 18.4. The molecule has 0 heterocycles. The Hall–Kier alpha value is -2.41. The van der Waals surface area contributed by atoms with Crippen LogP contribution in [0.1, 0.15) is 40.5 Å². The molecule has 0 aliphatic heterocycles. The van der Waals surface area contributed by atoms with E-state index in [2.05, 4.69) is 26.7 Å². The number of aliphatic carboxylic acids is 1. The van der Waals surface area contributed by atoms with Crippen molar-refractivity contribution in [3.63, 3.8) is 0 Å². The molecule has 0 saturated carbocycles. The van der Waals surface area contributed by atoms with Crippen LogP contribution in [0.4, 0.5) is 0 Å². The van der Waals surface area contributed by atoms with Gasteiger partial charge < -0.3 is 19.5 Å². The number of rotatable bonds is 9. The van der Waals surface area contributed by atoms with E-state index in [-0.39, 0.29) is 17.5 Å². The van der Waals surface area contributed by atoms with Gasteiger partial charge in [0.2, 0.25) is 0 Å². The van der Waals surface area contributed by atoms with Crippen LogP contribution >= 0.6 is 0 Å². The maximum Gasteiger partial charge on any atom is 0.333 e. The molecule has 0 rings (SSSR count). The summed E-state index contributed by atoms with van der Waals surface area (Å²) in [5.74, 6) is -1.53. The first-order valence-electron chi connectivity index (χ1n) is 8.55. The van der Waals surface area contributed by atoms with E-state index < -0.39 is 5.97 Å². The molecule has 7 heteroatoms. The van der Waals surface area contributed by atoms with Crippen LogP contribution in [-0.4, -0.2) is 61.8 Å². The first-order valence-corrected chi connectivity index (χ1v) is 8.55. The Labute approximate surface area is 163 Å². The minimum Gasteiger partial charge on any atom is -0.478 e. The van der Waals surface area contributed by atoms with Gasteiger partial charge in [-0.2, -0.15) is 0 Å². The lowest BCUT2D eigenvalue weighted by atomic mass is 10.3. The third kappa shape index (κ3) is 25.9. The molecule has 0 aromatic carbocycles. The van der Waals surface area contributed by atoms with Gasteiger partial charge in [-0.1, -0.05) is 33.1 Å². The van der Waals surface area contributed by atoms with Crippen LogP contribution in [0.25, 0.3) is 0 Å². The second-order valence-corrected chi connectivity index (χ2v) is 6.07. The number of unbranched alkanes of at least 4 members (excludes halogenated alkanes) is 1. The molecule has 0 aromatic rings. The highest BCUT2D eigenvalue weighted by atomic mass is 16.5. The Balaban J connectivity index is -0.000000334. The fourth-order valence-electron chi connectivity index (χ4n) is 0.877. The number of carboxylic acids is 1. The normalized spacial score (nSPS) is 9.00. The van der Waals surface area contributed by atoms with Gasteiger partial charge in [0.05, 0.1) is 6.61 Å². The molecule has 0 saturated heterocycles. The van der Waals surface area contributed by atoms with Crippen LogP contribution in [-0.2, 0) is 23.9 Å². The Kier molecular flexibility index (Phi) is 20.0.